The summed E-state index contributed by atoms with van der Waals surface area (Å²) in [5.74, 6) is -1.04. The van der Waals surface area contributed by atoms with Crippen molar-refractivity contribution in [2.45, 2.75) is 57.9 Å². The predicted molar refractivity (Wildman–Crippen MR) is 133 cm³/mol. The number of rotatable bonds is 8. The van der Waals surface area contributed by atoms with Gasteiger partial charge in [-0.25, -0.2) is 4.79 Å². The van der Waals surface area contributed by atoms with Crippen molar-refractivity contribution in [3.8, 4) is 11.1 Å². The van der Waals surface area contributed by atoms with Crippen LogP contribution in [0.2, 0.25) is 0 Å². The Bertz CT molecular complexity index is 1080. The SMILES string of the molecule is CCCC1(C(=O)O)CCN(C(=O)CC(C)(C)NC(=O)OCC2c3ccccc3-c3ccccc32)C1. The van der Waals surface area contributed by atoms with Crippen LogP contribution in [-0.2, 0) is 14.3 Å². The first-order valence-electron chi connectivity index (χ1n) is 12.3. The number of carbonyl (C=O) groups is 3. The number of carboxylic acid groups (broad SMARTS) is 1. The van der Waals surface area contributed by atoms with Crippen LogP contribution in [0.1, 0.15) is 63.5 Å². The Hall–Kier alpha value is -3.35. The number of likely N-dealkylation sites (tertiary alicyclic amines) is 1. The Morgan fingerprint density at radius 1 is 1.09 bits per heavy atom. The first-order valence-corrected chi connectivity index (χ1v) is 12.3. The molecule has 1 atom stereocenters. The van der Waals surface area contributed by atoms with Gasteiger partial charge in [0.15, 0.2) is 0 Å². The first kappa shape index (κ1) is 24.8. The zero-order valence-electron chi connectivity index (χ0n) is 20.7. The summed E-state index contributed by atoms with van der Waals surface area (Å²) >= 11 is 0. The molecule has 2 amide bonds. The molecule has 2 N–H and O–H groups in total. The van der Waals surface area contributed by atoms with Crippen LogP contribution < -0.4 is 5.32 Å². The molecule has 1 aliphatic carbocycles. The molecule has 1 heterocycles. The van der Waals surface area contributed by atoms with Crippen molar-refractivity contribution in [3.63, 3.8) is 0 Å². The highest BCUT2D eigenvalue weighted by molar-refractivity contribution is 5.82. The van der Waals surface area contributed by atoms with Crippen LogP contribution in [0.4, 0.5) is 4.79 Å². The van der Waals surface area contributed by atoms with E-state index >= 15 is 0 Å². The van der Waals surface area contributed by atoms with Gasteiger partial charge >= 0.3 is 12.1 Å². The fraction of sp³-hybridized carbons (Fsp3) is 0.464. The van der Waals surface area contributed by atoms with E-state index in [-0.39, 0.29) is 31.4 Å². The van der Waals surface area contributed by atoms with Crippen molar-refractivity contribution in [3.05, 3.63) is 59.7 Å². The minimum Gasteiger partial charge on any atom is -0.481 e. The molecular weight excluding hydrogens is 444 g/mol. The van der Waals surface area contributed by atoms with Crippen LogP contribution in [-0.4, -0.2) is 53.2 Å². The van der Waals surface area contributed by atoms with Crippen LogP contribution in [0.3, 0.4) is 0 Å². The molecule has 0 bridgehead atoms. The Labute approximate surface area is 206 Å². The molecule has 186 valence electrons. The largest absolute Gasteiger partial charge is 0.481 e. The van der Waals surface area contributed by atoms with E-state index in [0.717, 1.165) is 28.7 Å². The average molecular weight is 479 g/mol. The molecular formula is C28H34N2O5. The summed E-state index contributed by atoms with van der Waals surface area (Å²) in [5, 5.41) is 12.5. The molecule has 0 aromatic heterocycles. The number of fused-ring (bicyclic) bond motifs is 3. The molecule has 0 spiro atoms. The number of hydrogen-bond acceptors (Lipinski definition) is 4. The molecule has 2 aliphatic rings. The monoisotopic (exact) mass is 478 g/mol. The first-order chi connectivity index (χ1) is 16.7. The van der Waals surface area contributed by atoms with E-state index in [1.165, 1.54) is 0 Å². The van der Waals surface area contributed by atoms with Crippen LogP contribution in [0.5, 0.6) is 0 Å². The number of aliphatic carboxylic acids is 1. The van der Waals surface area contributed by atoms with Gasteiger partial charge in [0.05, 0.1) is 5.41 Å². The minimum absolute atomic E-state index is 0.0369. The number of amides is 2. The van der Waals surface area contributed by atoms with E-state index in [4.69, 9.17) is 4.74 Å². The number of carboxylic acids is 1. The van der Waals surface area contributed by atoms with E-state index < -0.39 is 23.0 Å². The Balaban J connectivity index is 1.34. The highest BCUT2D eigenvalue weighted by Crippen LogP contribution is 2.44. The normalized spacial score (nSPS) is 19.2. The molecule has 7 heteroatoms. The molecule has 35 heavy (non-hydrogen) atoms. The quantitative estimate of drug-likeness (QED) is 0.568. The molecule has 2 aromatic carbocycles. The molecule has 0 radical (unpaired) electrons. The van der Waals surface area contributed by atoms with Crippen molar-refractivity contribution in [2.75, 3.05) is 19.7 Å². The highest BCUT2D eigenvalue weighted by Gasteiger charge is 2.46. The summed E-state index contributed by atoms with van der Waals surface area (Å²) in [4.78, 5) is 39.1. The van der Waals surface area contributed by atoms with Crippen molar-refractivity contribution >= 4 is 18.0 Å². The molecule has 1 unspecified atom stereocenters. The maximum absolute atomic E-state index is 12.9. The Kier molecular flexibility index (Phi) is 6.88. The van der Waals surface area contributed by atoms with Crippen molar-refractivity contribution in [2.24, 2.45) is 5.41 Å². The minimum atomic E-state index is -0.866. The van der Waals surface area contributed by atoms with Crippen molar-refractivity contribution in [1.82, 2.24) is 10.2 Å². The van der Waals surface area contributed by atoms with E-state index in [2.05, 4.69) is 29.6 Å². The van der Waals surface area contributed by atoms with E-state index in [1.54, 1.807) is 18.7 Å². The summed E-state index contributed by atoms with van der Waals surface area (Å²) in [6.07, 6.45) is 1.26. The Morgan fingerprint density at radius 2 is 1.69 bits per heavy atom. The number of ether oxygens (including phenoxy) is 1. The molecule has 1 saturated heterocycles. The molecule has 0 saturated carbocycles. The maximum Gasteiger partial charge on any atom is 0.407 e. The van der Waals surface area contributed by atoms with Gasteiger partial charge in [-0.1, -0.05) is 61.9 Å². The van der Waals surface area contributed by atoms with Gasteiger partial charge in [-0.05, 0) is 48.9 Å². The second-order valence-corrected chi connectivity index (χ2v) is 10.4. The van der Waals surface area contributed by atoms with Gasteiger partial charge in [0.2, 0.25) is 5.91 Å². The van der Waals surface area contributed by atoms with E-state index in [9.17, 15) is 19.5 Å². The zero-order valence-corrected chi connectivity index (χ0v) is 20.7. The van der Waals surface area contributed by atoms with Crippen molar-refractivity contribution < 1.29 is 24.2 Å². The van der Waals surface area contributed by atoms with Gasteiger partial charge in [0, 0.05) is 31.0 Å². The summed E-state index contributed by atoms with van der Waals surface area (Å²) in [6, 6.07) is 16.3. The van der Waals surface area contributed by atoms with Gasteiger partial charge < -0.3 is 20.1 Å². The average Bonchev–Trinajstić information content (AvgIpc) is 3.38. The number of nitrogens with zero attached hydrogens (tertiary/aromatic N) is 1. The van der Waals surface area contributed by atoms with Gasteiger partial charge in [-0.3, -0.25) is 9.59 Å². The van der Waals surface area contributed by atoms with Crippen LogP contribution in [0.25, 0.3) is 11.1 Å². The number of carbonyl (C=O) groups excluding carboxylic acids is 2. The number of benzene rings is 2. The third-order valence-corrected chi connectivity index (χ3v) is 7.27. The third-order valence-electron chi connectivity index (χ3n) is 7.27. The lowest BCUT2D eigenvalue weighted by Gasteiger charge is -2.29. The zero-order chi connectivity index (χ0) is 25.2. The highest BCUT2D eigenvalue weighted by atomic mass is 16.5. The number of nitrogens with one attached hydrogen (secondary N) is 1. The lowest BCUT2D eigenvalue weighted by Crippen LogP contribution is -2.48. The van der Waals surface area contributed by atoms with Gasteiger partial charge in [0.1, 0.15) is 6.61 Å². The third kappa shape index (κ3) is 5.04. The van der Waals surface area contributed by atoms with E-state index in [1.807, 2.05) is 31.2 Å². The molecule has 4 rings (SSSR count). The Morgan fingerprint density at radius 3 is 2.26 bits per heavy atom. The predicted octanol–water partition coefficient (Wildman–Crippen LogP) is 4.80. The maximum atomic E-state index is 12.9. The molecule has 1 fully saturated rings. The smallest absolute Gasteiger partial charge is 0.407 e. The molecule has 7 nitrogen and oxygen atoms in total. The number of hydrogen-bond donors (Lipinski definition) is 2. The fourth-order valence-electron chi connectivity index (χ4n) is 5.49. The lowest BCUT2D eigenvalue weighted by atomic mass is 9.83. The van der Waals surface area contributed by atoms with E-state index in [0.29, 0.717) is 19.4 Å². The van der Waals surface area contributed by atoms with Crippen LogP contribution in [0, 0.1) is 5.41 Å². The van der Waals surface area contributed by atoms with Crippen LogP contribution >= 0.6 is 0 Å². The molecule has 1 aliphatic heterocycles. The summed E-state index contributed by atoms with van der Waals surface area (Å²) < 4.78 is 5.63. The van der Waals surface area contributed by atoms with Crippen LogP contribution in [0.15, 0.2) is 48.5 Å². The number of alkyl carbamates (subject to hydrolysis) is 1. The lowest BCUT2D eigenvalue weighted by molar-refractivity contribution is -0.149. The second-order valence-electron chi connectivity index (χ2n) is 10.4. The molecule has 2 aromatic rings. The standard InChI is InChI=1S/C28H34N2O5/c1-4-13-28(25(32)33)14-15-30(18-28)24(31)16-27(2,3)29-26(34)35-17-23-21-11-7-5-9-19(21)20-10-6-8-12-22(20)23/h5-12,23H,4,13-18H2,1-3H3,(H,29,34)(H,32,33). The van der Waals surface area contributed by atoms with Gasteiger partial charge in [-0.15, -0.1) is 0 Å². The van der Waals surface area contributed by atoms with Gasteiger partial charge in [0.25, 0.3) is 0 Å². The summed E-state index contributed by atoms with van der Waals surface area (Å²) in [5.41, 5.74) is 2.90. The van der Waals surface area contributed by atoms with Gasteiger partial charge in [-0.2, -0.15) is 0 Å². The van der Waals surface area contributed by atoms with Crippen molar-refractivity contribution in [1.29, 1.82) is 0 Å². The summed E-state index contributed by atoms with van der Waals surface area (Å²) in [7, 11) is 0. The second kappa shape index (κ2) is 9.72. The summed E-state index contributed by atoms with van der Waals surface area (Å²) in [6.45, 7) is 6.35. The fourth-order valence-corrected chi connectivity index (χ4v) is 5.49. The topological polar surface area (TPSA) is 95.9 Å².